The fourth-order valence-electron chi connectivity index (χ4n) is 4.23. The summed E-state index contributed by atoms with van der Waals surface area (Å²) in [6.07, 6.45) is 0. The van der Waals surface area contributed by atoms with Gasteiger partial charge < -0.3 is 9.47 Å². The normalized spacial score (nSPS) is 11.7. The lowest BCUT2D eigenvalue weighted by atomic mass is 10.0. The van der Waals surface area contributed by atoms with Crippen molar-refractivity contribution in [3.05, 3.63) is 71.8 Å². The molecule has 0 saturated carbocycles. The van der Waals surface area contributed by atoms with Gasteiger partial charge in [-0.1, -0.05) is 12.1 Å². The van der Waals surface area contributed by atoms with Gasteiger partial charge in [0.25, 0.3) is 0 Å². The first-order chi connectivity index (χ1) is 15.6. The van der Waals surface area contributed by atoms with Gasteiger partial charge in [0, 0.05) is 20.2 Å². The first kappa shape index (κ1) is 19.2. The molecule has 0 fully saturated rings. The summed E-state index contributed by atoms with van der Waals surface area (Å²) in [6.45, 7) is 0. The first-order valence-corrected chi connectivity index (χ1v) is 11.6. The van der Waals surface area contributed by atoms with Crippen molar-refractivity contribution in [2.24, 2.45) is 0 Å². The van der Waals surface area contributed by atoms with Crippen LogP contribution in [0, 0.1) is 0 Å². The third kappa shape index (κ3) is 2.80. The Kier molecular flexibility index (Phi) is 4.22. The van der Waals surface area contributed by atoms with E-state index in [1.165, 1.54) is 43.8 Å². The standard InChI is InChI=1S/C26H16O4S2/c1-29-25(27)15-5-3-13-9-19-21(11-17(13)7-15)31-24-20-10-14-4-6-16(26(28)30-2)8-18(14)12-22(20)32-23(19)24/h3-12H,1-2H3. The second-order valence-corrected chi connectivity index (χ2v) is 9.77. The van der Waals surface area contributed by atoms with E-state index in [1.807, 2.05) is 24.3 Å². The van der Waals surface area contributed by atoms with Gasteiger partial charge in [-0.15, -0.1) is 22.7 Å². The molecular formula is C26H16O4S2. The van der Waals surface area contributed by atoms with Crippen molar-refractivity contribution in [1.29, 1.82) is 0 Å². The number of carbonyl (C=O) groups is 2. The molecule has 0 aliphatic heterocycles. The quantitative estimate of drug-likeness (QED) is 0.260. The van der Waals surface area contributed by atoms with Crippen molar-refractivity contribution in [3.8, 4) is 0 Å². The van der Waals surface area contributed by atoms with Gasteiger partial charge in [-0.25, -0.2) is 9.59 Å². The highest BCUT2D eigenvalue weighted by atomic mass is 32.1. The Balaban J connectivity index is 1.58. The summed E-state index contributed by atoms with van der Waals surface area (Å²) < 4.78 is 14.6. The van der Waals surface area contributed by atoms with Crippen molar-refractivity contribution in [3.63, 3.8) is 0 Å². The number of carbonyl (C=O) groups excluding carboxylic acids is 2. The molecule has 0 radical (unpaired) electrons. The maximum Gasteiger partial charge on any atom is 0.337 e. The molecule has 4 nitrogen and oxygen atoms in total. The van der Waals surface area contributed by atoms with Gasteiger partial charge in [-0.05, 0) is 70.1 Å². The van der Waals surface area contributed by atoms with Gasteiger partial charge in [-0.3, -0.25) is 0 Å². The van der Waals surface area contributed by atoms with E-state index < -0.39 is 0 Å². The van der Waals surface area contributed by atoms with E-state index in [9.17, 15) is 9.59 Å². The molecule has 0 atom stereocenters. The van der Waals surface area contributed by atoms with E-state index in [4.69, 9.17) is 9.47 Å². The molecular weight excluding hydrogens is 440 g/mol. The lowest BCUT2D eigenvalue weighted by Gasteiger charge is -2.03. The smallest absolute Gasteiger partial charge is 0.337 e. The molecule has 0 N–H and O–H groups in total. The van der Waals surface area contributed by atoms with E-state index in [1.54, 1.807) is 34.8 Å². The van der Waals surface area contributed by atoms with Gasteiger partial charge in [-0.2, -0.15) is 0 Å². The maximum absolute atomic E-state index is 11.9. The van der Waals surface area contributed by atoms with Gasteiger partial charge in [0.05, 0.1) is 34.7 Å². The van der Waals surface area contributed by atoms with Crippen molar-refractivity contribution >= 4 is 85.7 Å². The van der Waals surface area contributed by atoms with Crippen LogP contribution in [0.5, 0.6) is 0 Å². The Hall–Kier alpha value is -3.48. The number of benzene rings is 4. The molecule has 32 heavy (non-hydrogen) atoms. The minimum Gasteiger partial charge on any atom is -0.465 e. The van der Waals surface area contributed by atoms with Crippen LogP contribution >= 0.6 is 22.7 Å². The van der Waals surface area contributed by atoms with E-state index in [0.717, 1.165) is 21.5 Å². The Labute approximate surface area is 190 Å². The van der Waals surface area contributed by atoms with Crippen LogP contribution in [0.1, 0.15) is 20.7 Å². The Bertz CT molecular complexity index is 1610. The molecule has 0 aliphatic rings. The number of fused-ring (bicyclic) bond motifs is 7. The third-order valence-corrected chi connectivity index (χ3v) is 8.34. The summed E-state index contributed by atoms with van der Waals surface area (Å²) in [5.41, 5.74) is 1.11. The monoisotopic (exact) mass is 456 g/mol. The molecule has 2 aromatic heterocycles. The van der Waals surface area contributed by atoms with Crippen LogP contribution in [-0.4, -0.2) is 26.2 Å². The lowest BCUT2D eigenvalue weighted by Crippen LogP contribution is -2.00. The molecule has 0 saturated heterocycles. The highest BCUT2D eigenvalue weighted by Crippen LogP contribution is 2.46. The Morgan fingerprint density at radius 3 is 1.44 bits per heavy atom. The summed E-state index contributed by atoms with van der Waals surface area (Å²) >= 11 is 3.55. The Morgan fingerprint density at radius 2 is 1.03 bits per heavy atom. The molecule has 156 valence electrons. The van der Waals surface area contributed by atoms with Crippen molar-refractivity contribution in [2.45, 2.75) is 0 Å². The fraction of sp³-hybridized carbons (Fsp3) is 0.0769. The molecule has 6 heteroatoms. The summed E-state index contributed by atoms with van der Waals surface area (Å²) in [5.74, 6) is -0.653. The van der Waals surface area contributed by atoms with Crippen LogP contribution in [0.25, 0.3) is 51.1 Å². The second-order valence-electron chi connectivity index (χ2n) is 7.67. The molecule has 0 amide bonds. The van der Waals surface area contributed by atoms with Crippen molar-refractivity contribution in [2.75, 3.05) is 14.2 Å². The number of thiophene rings is 2. The van der Waals surface area contributed by atoms with Crippen LogP contribution in [0.3, 0.4) is 0 Å². The van der Waals surface area contributed by atoms with E-state index in [0.29, 0.717) is 11.1 Å². The van der Waals surface area contributed by atoms with Crippen LogP contribution in [0.15, 0.2) is 60.7 Å². The average Bonchev–Trinajstić information content (AvgIpc) is 3.34. The van der Waals surface area contributed by atoms with Crippen LogP contribution in [0.4, 0.5) is 0 Å². The highest BCUT2D eigenvalue weighted by Gasteiger charge is 2.15. The summed E-state index contributed by atoms with van der Waals surface area (Å²) in [7, 11) is 2.79. The van der Waals surface area contributed by atoms with Crippen LogP contribution < -0.4 is 0 Å². The molecule has 0 aliphatic carbocycles. The van der Waals surface area contributed by atoms with Crippen LogP contribution in [-0.2, 0) is 9.47 Å². The SMILES string of the molecule is COC(=O)c1ccc2cc3c(cc2c1)sc1c2cc4ccc(C(=O)OC)cc4cc2sc31. The summed E-state index contributed by atoms with van der Waals surface area (Å²) in [5, 5.41) is 6.69. The van der Waals surface area contributed by atoms with Crippen LogP contribution in [0.2, 0.25) is 0 Å². The third-order valence-electron chi connectivity index (χ3n) is 5.84. The average molecular weight is 457 g/mol. The zero-order chi connectivity index (χ0) is 22.0. The Morgan fingerprint density at radius 1 is 0.594 bits per heavy atom. The zero-order valence-corrected chi connectivity index (χ0v) is 18.9. The highest BCUT2D eigenvalue weighted by molar-refractivity contribution is 7.36. The van der Waals surface area contributed by atoms with Gasteiger partial charge in [0.1, 0.15) is 0 Å². The second kappa shape index (κ2) is 7.02. The molecule has 0 bridgehead atoms. The number of hydrogen-bond donors (Lipinski definition) is 0. The minimum atomic E-state index is -0.326. The molecule has 0 spiro atoms. The number of rotatable bonds is 2. The number of hydrogen-bond acceptors (Lipinski definition) is 6. The summed E-state index contributed by atoms with van der Waals surface area (Å²) in [4.78, 5) is 23.8. The number of esters is 2. The van der Waals surface area contributed by atoms with E-state index in [2.05, 4.69) is 24.3 Å². The molecule has 4 aromatic carbocycles. The predicted molar refractivity (Wildman–Crippen MR) is 132 cm³/mol. The molecule has 0 unspecified atom stereocenters. The number of ether oxygens (including phenoxy) is 2. The van der Waals surface area contributed by atoms with Crippen molar-refractivity contribution in [1.82, 2.24) is 0 Å². The van der Waals surface area contributed by atoms with Gasteiger partial charge >= 0.3 is 11.9 Å². The molecule has 6 aromatic rings. The van der Waals surface area contributed by atoms with Gasteiger partial charge in [0.2, 0.25) is 0 Å². The predicted octanol–water partition coefficient (Wildman–Crippen LogP) is 7.15. The fourth-order valence-corrected chi connectivity index (χ4v) is 6.93. The lowest BCUT2D eigenvalue weighted by molar-refractivity contribution is 0.0592. The van der Waals surface area contributed by atoms with Crippen molar-refractivity contribution < 1.29 is 19.1 Å². The largest absolute Gasteiger partial charge is 0.465 e. The van der Waals surface area contributed by atoms with E-state index in [-0.39, 0.29) is 11.9 Å². The molecule has 6 rings (SSSR count). The zero-order valence-electron chi connectivity index (χ0n) is 17.2. The molecule has 2 heterocycles. The number of methoxy groups -OCH3 is 2. The topological polar surface area (TPSA) is 52.6 Å². The summed E-state index contributed by atoms with van der Waals surface area (Å²) in [6, 6.07) is 20.1. The first-order valence-electron chi connectivity index (χ1n) is 9.98. The van der Waals surface area contributed by atoms with E-state index >= 15 is 0 Å². The maximum atomic E-state index is 11.9. The minimum absolute atomic E-state index is 0.326. The van der Waals surface area contributed by atoms with Gasteiger partial charge in [0.15, 0.2) is 0 Å².